The molecule has 1 aromatic rings. The maximum Gasteiger partial charge on any atom is 0.419 e. The number of aliphatic hydroxyl groups is 1. The summed E-state index contributed by atoms with van der Waals surface area (Å²) < 4.78 is 73.2. The van der Waals surface area contributed by atoms with Gasteiger partial charge in [-0.25, -0.2) is 9.78 Å². The Bertz CT molecular complexity index is 758. The van der Waals surface area contributed by atoms with Crippen molar-refractivity contribution >= 4 is 27.6 Å². The van der Waals surface area contributed by atoms with Gasteiger partial charge in [0.25, 0.3) is 0 Å². The fourth-order valence-electron chi connectivity index (χ4n) is 2.69. The first-order valence-electron chi connectivity index (χ1n) is 10.8. The predicted molar refractivity (Wildman–Crippen MR) is 120 cm³/mol. The van der Waals surface area contributed by atoms with Crippen molar-refractivity contribution in [2.45, 2.75) is 83.2 Å². The van der Waals surface area contributed by atoms with Crippen LogP contribution in [0.5, 0.6) is 0 Å². The Hall–Kier alpha value is -1.60. The Morgan fingerprint density at radius 2 is 1.56 bits per heavy atom. The molecule has 0 spiro atoms. The topological polar surface area (TPSA) is 108 Å². The van der Waals surface area contributed by atoms with Crippen LogP contribution in [0.4, 0.5) is 32.0 Å². The molecule has 0 saturated heterocycles. The maximum absolute atomic E-state index is 12.3. The van der Waals surface area contributed by atoms with Gasteiger partial charge < -0.3 is 21.3 Å². The van der Waals surface area contributed by atoms with Gasteiger partial charge in [0, 0.05) is 6.54 Å². The molecule has 1 atom stereocenters. The number of pyridine rings is 1. The molecule has 198 valence electrons. The molecular formula is C21H32BrF6N3O3. The zero-order chi connectivity index (χ0) is 26.6. The average molecular weight is 568 g/mol. The highest BCUT2D eigenvalue weighted by atomic mass is 79.9. The number of unbranched alkanes of at least 4 members (excludes halogenated alkanes) is 7. The highest BCUT2D eigenvalue weighted by Gasteiger charge is 2.49. The van der Waals surface area contributed by atoms with Crippen LogP contribution in [0.2, 0.25) is 0 Å². The van der Waals surface area contributed by atoms with Crippen LogP contribution in [0.15, 0.2) is 10.7 Å². The number of aromatic nitrogens is 1. The van der Waals surface area contributed by atoms with Gasteiger partial charge in [0.1, 0.15) is 4.60 Å². The van der Waals surface area contributed by atoms with E-state index in [1.54, 1.807) is 0 Å². The number of hydrogen-bond acceptors (Lipinski definition) is 5. The average Bonchev–Trinajstić information content (AvgIpc) is 2.69. The van der Waals surface area contributed by atoms with E-state index < -0.39 is 52.0 Å². The number of nitrogens with zero attached hydrogens (tertiary/aromatic N) is 1. The van der Waals surface area contributed by atoms with E-state index in [9.17, 15) is 36.2 Å². The molecular weight excluding hydrogens is 536 g/mol. The summed E-state index contributed by atoms with van der Waals surface area (Å²) in [6.45, 7) is 3.07. The Balaban J connectivity index is 0.000000657. The molecule has 0 aliphatic rings. The summed E-state index contributed by atoms with van der Waals surface area (Å²) in [5.74, 6) is -1.48. The molecule has 0 aromatic carbocycles. The van der Waals surface area contributed by atoms with Crippen molar-refractivity contribution in [3.05, 3.63) is 21.9 Å². The Labute approximate surface area is 203 Å². The number of aromatic carboxylic acids is 1. The monoisotopic (exact) mass is 567 g/mol. The van der Waals surface area contributed by atoms with Gasteiger partial charge >= 0.3 is 18.3 Å². The highest BCUT2D eigenvalue weighted by molar-refractivity contribution is 9.10. The summed E-state index contributed by atoms with van der Waals surface area (Å²) in [6, 6.07) is 0.528. The smallest absolute Gasteiger partial charge is 0.419 e. The predicted octanol–water partition coefficient (Wildman–Crippen LogP) is 6.17. The molecule has 0 fully saturated rings. The summed E-state index contributed by atoms with van der Waals surface area (Å²) >= 11 is 2.54. The van der Waals surface area contributed by atoms with Crippen molar-refractivity contribution in [1.29, 1.82) is 0 Å². The SMILES string of the molecule is CCCCCCCCCCNCC(C)(O)C(F)(F)F.Nc1cc(C(F)(F)F)c(Br)nc1C(=O)O. The number of nitrogen functional groups attached to an aromatic ring is 1. The highest BCUT2D eigenvalue weighted by Crippen LogP contribution is 2.35. The van der Waals surface area contributed by atoms with Crippen LogP contribution >= 0.6 is 15.9 Å². The molecule has 0 bridgehead atoms. The van der Waals surface area contributed by atoms with Crippen LogP contribution in [0.25, 0.3) is 0 Å². The van der Waals surface area contributed by atoms with E-state index in [0.717, 1.165) is 26.2 Å². The number of carboxylic acids is 1. The van der Waals surface area contributed by atoms with Crippen LogP contribution in [0.3, 0.4) is 0 Å². The minimum Gasteiger partial charge on any atom is -0.476 e. The minimum absolute atomic E-state index is 0.438. The van der Waals surface area contributed by atoms with Gasteiger partial charge in [0.2, 0.25) is 0 Å². The quantitative estimate of drug-likeness (QED) is 0.136. The van der Waals surface area contributed by atoms with Gasteiger partial charge in [0.05, 0.1) is 11.3 Å². The molecule has 0 aliphatic heterocycles. The Morgan fingerprint density at radius 1 is 1.06 bits per heavy atom. The van der Waals surface area contributed by atoms with Gasteiger partial charge in [0.15, 0.2) is 11.3 Å². The number of anilines is 1. The third-order valence-electron chi connectivity index (χ3n) is 4.80. The van der Waals surface area contributed by atoms with Crippen molar-refractivity contribution in [2.24, 2.45) is 0 Å². The Morgan fingerprint density at radius 3 is 2.00 bits per heavy atom. The number of rotatable bonds is 12. The lowest BCUT2D eigenvalue weighted by atomic mass is 10.1. The zero-order valence-corrected chi connectivity index (χ0v) is 20.7. The second-order valence-corrected chi connectivity index (χ2v) is 8.74. The van der Waals surface area contributed by atoms with E-state index in [4.69, 9.17) is 10.8 Å². The molecule has 34 heavy (non-hydrogen) atoms. The number of halogens is 7. The van der Waals surface area contributed by atoms with Crippen LogP contribution < -0.4 is 11.1 Å². The lowest BCUT2D eigenvalue weighted by Crippen LogP contribution is -2.50. The van der Waals surface area contributed by atoms with Gasteiger partial charge in [-0.3, -0.25) is 0 Å². The molecule has 13 heteroatoms. The van der Waals surface area contributed by atoms with Gasteiger partial charge in [-0.15, -0.1) is 0 Å². The third kappa shape index (κ3) is 12.2. The van der Waals surface area contributed by atoms with E-state index in [1.165, 1.54) is 32.1 Å². The lowest BCUT2D eigenvalue weighted by molar-refractivity contribution is -0.250. The molecule has 1 rings (SSSR count). The number of alkyl halides is 6. The number of hydrogen-bond donors (Lipinski definition) is 4. The standard InChI is InChI=1S/C14H28F3NO.C7H4BrF3N2O2/c1-3-4-5-6-7-8-9-10-11-18-12-13(2,19)14(15,16)17;8-5-2(7(9,10)11)1-3(12)4(13-5)6(14)15/h18-19H,3-12H2,1-2H3;1H,12H2,(H,14,15). The molecule has 1 aromatic heterocycles. The van der Waals surface area contributed by atoms with Gasteiger partial charge in [-0.1, -0.05) is 51.9 Å². The fourth-order valence-corrected chi connectivity index (χ4v) is 3.21. The molecule has 1 unspecified atom stereocenters. The molecule has 0 aliphatic carbocycles. The normalized spacial score (nSPS) is 13.7. The third-order valence-corrected chi connectivity index (χ3v) is 5.40. The minimum atomic E-state index is -4.63. The number of carboxylic acid groups (broad SMARTS) is 1. The number of nitrogens with two attached hydrogens (primary N) is 1. The second kappa shape index (κ2) is 14.7. The van der Waals surface area contributed by atoms with E-state index in [2.05, 4.69) is 33.2 Å². The summed E-state index contributed by atoms with van der Waals surface area (Å²) in [6.07, 6.45) is 0.108. The van der Waals surface area contributed by atoms with E-state index >= 15 is 0 Å². The van der Waals surface area contributed by atoms with Crippen LogP contribution in [0.1, 0.15) is 81.3 Å². The lowest BCUT2D eigenvalue weighted by Gasteiger charge is -2.26. The first-order valence-corrected chi connectivity index (χ1v) is 11.6. The maximum atomic E-state index is 12.3. The number of carbonyl (C=O) groups is 1. The fraction of sp³-hybridized carbons (Fsp3) is 0.714. The van der Waals surface area contributed by atoms with Crippen LogP contribution in [-0.4, -0.2) is 46.0 Å². The first kappa shape index (κ1) is 32.4. The molecule has 0 amide bonds. The van der Waals surface area contributed by atoms with Crippen molar-refractivity contribution in [3.63, 3.8) is 0 Å². The molecule has 0 saturated carbocycles. The molecule has 6 nitrogen and oxygen atoms in total. The van der Waals surface area contributed by atoms with Crippen molar-refractivity contribution in [2.75, 3.05) is 18.8 Å². The van der Waals surface area contributed by atoms with Crippen LogP contribution in [0, 0.1) is 0 Å². The molecule has 1 heterocycles. The first-order chi connectivity index (χ1) is 15.5. The van der Waals surface area contributed by atoms with E-state index in [-0.39, 0.29) is 0 Å². The molecule has 0 radical (unpaired) electrons. The largest absolute Gasteiger partial charge is 0.476 e. The van der Waals surface area contributed by atoms with E-state index in [1.807, 2.05) is 0 Å². The number of nitrogens with one attached hydrogen (secondary N) is 1. The second-order valence-electron chi connectivity index (χ2n) is 7.99. The Kier molecular flexibility index (Phi) is 14.0. The van der Waals surface area contributed by atoms with Crippen LogP contribution in [-0.2, 0) is 6.18 Å². The summed E-state index contributed by atoms with van der Waals surface area (Å²) in [5, 5.41) is 20.4. The van der Waals surface area contributed by atoms with E-state index in [0.29, 0.717) is 12.6 Å². The zero-order valence-electron chi connectivity index (χ0n) is 19.1. The van der Waals surface area contributed by atoms with Crippen molar-refractivity contribution < 1.29 is 41.4 Å². The summed E-state index contributed by atoms with van der Waals surface area (Å²) in [5.41, 5.74) is 0.240. The van der Waals surface area contributed by atoms with Crippen molar-refractivity contribution in [1.82, 2.24) is 10.3 Å². The summed E-state index contributed by atoms with van der Waals surface area (Å²) in [4.78, 5) is 13.7. The van der Waals surface area contributed by atoms with Gasteiger partial charge in [-0.05, 0) is 41.9 Å². The van der Waals surface area contributed by atoms with Gasteiger partial charge in [-0.2, -0.15) is 26.3 Å². The van der Waals surface area contributed by atoms with Crippen molar-refractivity contribution in [3.8, 4) is 0 Å². The molecule has 5 N–H and O–H groups in total. The summed E-state index contributed by atoms with van der Waals surface area (Å²) in [7, 11) is 0.